The molecule has 1 aliphatic heterocycles. The van der Waals surface area contributed by atoms with Crippen LogP contribution in [0.4, 0.5) is 11.4 Å². The summed E-state index contributed by atoms with van der Waals surface area (Å²) < 4.78 is 0. The van der Waals surface area contributed by atoms with Gasteiger partial charge in [-0.3, -0.25) is 19.4 Å². The van der Waals surface area contributed by atoms with Gasteiger partial charge in [0.15, 0.2) is 0 Å². The number of hydrogen-bond acceptors (Lipinski definition) is 4. The van der Waals surface area contributed by atoms with E-state index in [4.69, 9.17) is 0 Å². The minimum absolute atomic E-state index is 0.135. The van der Waals surface area contributed by atoms with Crippen molar-refractivity contribution in [1.29, 1.82) is 0 Å². The summed E-state index contributed by atoms with van der Waals surface area (Å²) in [6.45, 7) is 4.14. The van der Waals surface area contributed by atoms with Crippen molar-refractivity contribution in [1.82, 2.24) is 4.98 Å². The number of carboxylic acid groups (broad SMARTS) is 1. The molecule has 2 amide bonds. The maximum atomic E-state index is 12.8. The van der Waals surface area contributed by atoms with E-state index in [0.717, 1.165) is 17.7 Å². The number of anilines is 2. The highest BCUT2D eigenvalue weighted by Crippen LogP contribution is 2.58. The Hall–Kier alpha value is -3.22. The third kappa shape index (κ3) is 2.93. The van der Waals surface area contributed by atoms with E-state index in [1.807, 2.05) is 6.07 Å². The molecular weight excluding hydrogens is 358 g/mol. The van der Waals surface area contributed by atoms with Crippen LogP contribution in [0, 0.1) is 17.3 Å². The van der Waals surface area contributed by atoms with E-state index in [2.05, 4.69) is 10.3 Å². The number of aliphatic carboxylic acids is 1. The van der Waals surface area contributed by atoms with Gasteiger partial charge in [-0.05, 0) is 41.7 Å². The third-order valence-electron chi connectivity index (χ3n) is 5.78. The summed E-state index contributed by atoms with van der Waals surface area (Å²) in [6.07, 6.45) is 3.89. The monoisotopic (exact) mass is 379 g/mol. The van der Waals surface area contributed by atoms with Crippen LogP contribution in [-0.2, 0) is 16.0 Å². The van der Waals surface area contributed by atoms with E-state index < -0.39 is 23.2 Å². The molecule has 1 fully saturated rings. The van der Waals surface area contributed by atoms with E-state index >= 15 is 0 Å². The van der Waals surface area contributed by atoms with Crippen molar-refractivity contribution >= 4 is 29.2 Å². The average Bonchev–Trinajstić information content (AvgIpc) is 3.04. The molecular formula is C21H21N3O4. The van der Waals surface area contributed by atoms with Crippen LogP contribution in [0.5, 0.6) is 0 Å². The summed E-state index contributed by atoms with van der Waals surface area (Å²) >= 11 is 0. The Balaban J connectivity index is 1.54. The summed E-state index contributed by atoms with van der Waals surface area (Å²) in [5.41, 5.74) is 2.30. The number of carbonyl (C=O) groups is 3. The van der Waals surface area contributed by atoms with Crippen LogP contribution in [-0.4, -0.2) is 34.4 Å². The van der Waals surface area contributed by atoms with Gasteiger partial charge in [0.25, 0.3) is 5.91 Å². The van der Waals surface area contributed by atoms with Crippen molar-refractivity contribution in [2.45, 2.75) is 20.3 Å². The molecule has 2 heterocycles. The van der Waals surface area contributed by atoms with Crippen LogP contribution in [0.2, 0.25) is 0 Å². The SMILES string of the molecule is CC1(C)[C@@H](C(=O)O)[C@@H]1C(=O)Nc1ccc2c(c1)N(C(=O)c1cccnc1)CC2. The standard InChI is InChI=1S/C21H21N3O4/c1-21(2)16(17(21)20(27)28)18(25)23-14-6-5-12-7-9-24(15(12)10-14)19(26)13-4-3-8-22-11-13/h3-6,8,10-11,16-17H,7,9H2,1-2H3,(H,23,25)(H,27,28)/t16-,17-/m1/s1. The number of nitrogens with one attached hydrogen (secondary N) is 1. The number of pyridine rings is 1. The molecule has 144 valence electrons. The highest BCUT2D eigenvalue weighted by Gasteiger charge is 2.65. The minimum Gasteiger partial charge on any atom is -0.481 e. The molecule has 7 heteroatoms. The molecule has 0 spiro atoms. The Morgan fingerprint density at radius 2 is 2.00 bits per heavy atom. The first-order chi connectivity index (χ1) is 13.3. The predicted molar refractivity (Wildman–Crippen MR) is 103 cm³/mol. The lowest BCUT2D eigenvalue weighted by molar-refractivity contribution is -0.140. The van der Waals surface area contributed by atoms with Gasteiger partial charge in [0, 0.05) is 30.3 Å². The molecule has 1 saturated carbocycles. The van der Waals surface area contributed by atoms with Gasteiger partial charge in [0.1, 0.15) is 0 Å². The van der Waals surface area contributed by atoms with Gasteiger partial charge in [0.2, 0.25) is 5.91 Å². The fourth-order valence-corrected chi connectivity index (χ4v) is 4.12. The first kappa shape index (κ1) is 18.2. The highest BCUT2D eigenvalue weighted by atomic mass is 16.4. The maximum Gasteiger partial charge on any atom is 0.307 e. The Labute approximate surface area is 162 Å². The minimum atomic E-state index is -0.952. The quantitative estimate of drug-likeness (QED) is 0.851. The largest absolute Gasteiger partial charge is 0.481 e. The number of rotatable bonds is 4. The van der Waals surface area contributed by atoms with E-state index in [-0.39, 0.29) is 11.8 Å². The van der Waals surface area contributed by atoms with Crippen LogP contribution in [0.1, 0.15) is 29.8 Å². The normalized spacial score (nSPS) is 21.7. The molecule has 1 aliphatic carbocycles. The van der Waals surface area contributed by atoms with Gasteiger partial charge in [-0.1, -0.05) is 19.9 Å². The molecule has 7 nitrogen and oxygen atoms in total. The van der Waals surface area contributed by atoms with Crippen molar-refractivity contribution in [2.24, 2.45) is 17.3 Å². The summed E-state index contributed by atoms with van der Waals surface area (Å²) in [4.78, 5) is 42.4. The lowest BCUT2D eigenvalue weighted by Crippen LogP contribution is -2.29. The number of carbonyl (C=O) groups excluding carboxylic acids is 2. The first-order valence-electron chi connectivity index (χ1n) is 9.19. The van der Waals surface area contributed by atoms with E-state index in [0.29, 0.717) is 17.8 Å². The molecule has 4 rings (SSSR count). The van der Waals surface area contributed by atoms with E-state index in [9.17, 15) is 19.5 Å². The van der Waals surface area contributed by atoms with E-state index in [1.54, 1.807) is 49.2 Å². The van der Waals surface area contributed by atoms with Crippen LogP contribution in [0.15, 0.2) is 42.7 Å². The molecule has 1 aromatic heterocycles. The molecule has 2 aromatic rings. The number of fused-ring (bicyclic) bond motifs is 1. The zero-order chi connectivity index (χ0) is 20.1. The summed E-state index contributed by atoms with van der Waals surface area (Å²) in [5.74, 6) is -2.63. The van der Waals surface area contributed by atoms with Gasteiger partial charge < -0.3 is 15.3 Å². The molecule has 0 bridgehead atoms. The maximum absolute atomic E-state index is 12.8. The molecule has 2 atom stereocenters. The fourth-order valence-electron chi connectivity index (χ4n) is 4.12. The van der Waals surface area contributed by atoms with Gasteiger partial charge in [-0.25, -0.2) is 0 Å². The van der Waals surface area contributed by atoms with Crippen LogP contribution in [0.25, 0.3) is 0 Å². The number of nitrogens with zero attached hydrogens (tertiary/aromatic N) is 2. The zero-order valence-electron chi connectivity index (χ0n) is 15.7. The van der Waals surface area contributed by atoms with Gasteiger partial charge in [-0.2, -0.15) is 0 Å². The topological polar surface area (TPSA) is 99.6 Å². The summed E-state index contributed by atoms with van der Waals surface area (Å²) in [6, 6.07) is 8.91. The first-order valence-corrected chi connectivity index (χ1v) is 9.19. The molecule has 2 N–H and O–H groups in total. The highest BCUT2D eigenvalue weighted by molar-refractivity contribution is 6.08. The second kappa shape index (κ2) is 6.44. The number of aromatic nitrogens is 1. The number of carboxylic acids is 1. The van der Waals surface area contributed by atoms with Crippen molar-refractivity contribution in [3.8, 4) is 0 Å². The predicted octanol–water partition coefficient (Wildman–Crippen LogP) is 2.58. The van der Waals surface area contributed by atoms with Crippen molar-refractivity contribution in [3.63, 3.8) is 0 Å². The van der Waals surface area contributed by atoms with Crippen molar-refractivity contribution in [2.75, 3.05) is 16.8 Å². The summed E-state index contributed by atoms with van der Waals surface area (Å²) in [7, 11) is 0. The van der Waals surface area contributed by atoms with Crippen LogP contribution in [0.3, 0.4) is 0 Å². The lowest BCUT2D eigenvalue weighted by Gasteiger charge is -2.18. The Bertz CT molecular complexity index is 971. The second-order valence-corrected chi connectivity index (χ2v) is 7.90. The molecule has 28 heavy (non-hydrogen) atoms. The van der Waals surface area contributed by atoms with Gasteiger partial charge >= 0.3 is 5.97 Å². The van der Waals surface area contributed by atoms with Crippen LogP contribution < -0.4 is 10.2 Å². The molecule has 1 aromatic carbocycles. The number of benzene rings is 1. The van der Waals surface area contributed by atoms with Crippen molar-refractivity contribution < 1.29 is 19.5 Å². The fraction of sp³-hybridized carbons (Fsp3) is 0.333. The van der Waals surface area contributed by atoms with Gasteiger partial charge in [-0.15, -0.1) is 0 Å². The number of hydrogen-bond donors (Lipinski definition) is 2. The number of amides is 2. The molecule has 2 aliphatic rings. The zero-order valence-corrected chi connectivity index (χ0v) is 15.7. The molecule has 0 unspecified atom stereocenters. The average molecular weight is 379 g/mol. The summed E-state index contributed by atoms with van der Waals surface area (Å²) in [5, 5.41) is 12.1. The third-order valence-corrected chi connectivity index (χ3v) is 5.78. The molecule has 0 saturated heterocycles. The van der Waals surface area contributed by atoms with Crippen LogP contribution >= 0.6 is 0 Å². The second-order valence-electron chi connectivity index (χ2n) is 7.90. The van der Waals surface area contributed by atoms with Gasteiger partial charge in [0.05, 0.1) is 17.4 Å². The lowest BCUT2D eigenvalue weighted by atomic mass is 10.1. The van der Waals surface area contributed by atoms with E-state index in [1.165, 1.54) is 6.20 Å². The van der Waals surface area contributed by atoms with Crippen molar-refractivity contribution in [3.05, 3.63) is 53.9 Å². The Morgan fingerprint density at radius 1 is 1.21 bits per heavy atom. The Kier molecular flexibility index (Phi) is 4.18. The Morgan fingerprint density at radius 3 is 2.64 bits per heavy atom. The molecule has 0 radical (unpaired) electrons. The smallest absolute Gasteiger partial charge is 0.307 e.